The average molecular weight is 250 g/mol. The van der Waals surface area contributed by atoms with Gasteiger partial charge in [-0.3, -0.25) is 4.99 Å². The summed E-state index contributed by atoms with van der Waals surface area (Å²) in [6.45, 7) is 10.6. The van der Waals surface area contributed by atoms with Crippen LogP contribution < -0.4 is 0 Å². The summed E-state index contributed by atoms with van der Waals surface area (Å²) in [5.41, 5.74) is 1.59. The lowest BCUT2D eigenvalue weighted by Crippen LogP contribution is -2.44. The van der Waals surface area contributed by atoms with Crippen molar-refractivity contribution in [1.29, 1.82) is 0 Å². The van der Waals surface area contributed by atoms with Crippen LogP contribution in [0.3, 0.4) is 0 Å². The number of rotatable bonds is 3. The van der Waals surface area contributed by atoms with E-state index in [0.717, 1.165) is 12.3 Å². The Morgan fingerprint density at radius 1 is 1.56 bits per heavy atom. The van der Waals surface area contributed by atoms with Gasteiger partial charge in [-0.15, -0.1) is 0 Å². The third-order valence-electron chi connectivity index (χ3n) is 3.26. The molecule has 3 heteroatoms. The second-order valence-corrected chi connectivity index (χ2v) is 5.52. The molecule has 0 amide bonds. The fraction of sp³-hybridized carbons (Fsp3) is 0.667. The van der Waals surface area contributed by atoms with E-state index in [4.69, 9.17) is 0 Å². The molecule has 3 nitrogen and oxygen atoms in total. The average Bonchev–Trinajstić information content (AvgIpc) is 2.23. The first-order valence-corrected chi connectivity index (χ1v) is 6.67. The number of aliphatic hydroxyl groups is 1. The maximum absolute atomic E-state index is 10.3. The molecular formula is C15H26N2O. The van der Waals surface area contributed by atoms with Gasteiger partial charge in [0.1, 0.15) is 11.4 Å². The van der Waals surface area contributed by atoms with Crippen LogP contribution in [0.1, 0.15) is 41.0 Å². The number of likely N-dealkylation sites (N-methyl/N-ethyl adjacent to an activating group) is 1. The minimum Gasteiger partial charge on any atom is -0.383 e. The minimum atomic E-state index is -0.918. The van der Waals surface area contributed by atoms with Crippen molar-refractivity contribution in [2.24, 2.45) is 10.9 Å². The fourth-order valence-electron chi connectivity index (χ4n) is 2.60. The predicted molar refractivity (Wildman–Crippen MR) is 77.7 cm³/mol. The van der Waals surface area contributed by atoms with E-state index in [9.17, 15) is 5.11 Å². The number of hydrogen-bond acceptors (Lipinski definition) is 2. The van der Waals surface area contributed by atoms with E-state index >= 15 is 0 Å². The Hall–Kier alpha value is -1.09. The van der Waals surface area contributed by atoms with E-state index in [1.165, 1.54) is 11.3 Å². The summed E-state index contributed by atoms with van der Waals surface area (Å²) in [6.07, 6.45) is 5.40. The molecule has 0 aromatic carbocycles. The Morgan fingerprint density at radius 2 is 2.17 bits per heavy atom. The Kier molecular flexibility index (Phi) is 4.74. The quantitative estimate of drug-likeness (QED) is 0.617. The van der Waals surface area contributed by atoms with Gasteiger partial charge >= 0.3 is 0 Å². The summed E-state index contributed by atoms with van der Waals surface area (Å²) in [6, 6.07) is 0. The van der Waals surface area contributed by atoms with E-state index in [-0.39, 0.29) is 0 Å². The van der Waals surface area contributed by atoms with Crippen molar-refractivity contribution in [3.8, 4) is 0 Å². The topological polar surface area (TPSA) is 35.8 Å². The Labute approximate surface area is 111 Å². The summed E-state index contributed by atoms with van der Waals surface area (Å²) in [4.78, 5) is 6.54. The molecule has 0 bridgehead atoms. The number of allylic oxidation sites excluding steroid dienone is 4. The van der Waals surface area contributed by atoms with Crippen LogP contribution in [0.5, 0.6) is 0 Å². The molecule has 18 heavy (non-hydrogen) atoms. The van der Waals surface area contributed by atoms with E-state index in [1.807, 2.05) is 14.0 Å². The molecule has 1 rings (SSSR count). The van der Waals surface area contributed by atoms with E-state index in [1.54, 1.807) is 13.8 Å². The maximum Gasteiger partial charge on any atom is 0.135 e. The van der Waals surface area contributed by atoms with Gasteiger partial charge in [0.2, 0.25) is 0 Å². The van der Waals surface area contributed by atoms with Crippen molar-refractivity contribution in [2.45, 2.75) is 46.6 Å². The van der Waals surface area contributed by atoms with Crippen molar-refractivity contribution < 1.29 is 5.11 Å². The number of amidine groups is 1. The molecule has 0 heterocycles. The van der Waals surface area contributed by atoms with Crippen LogP contribution in [0.25, 0.3) is 0 Å². The lowest BCUT2D eigenvalue weighted by molar-refractivity contribution is 0.140. The lowest BCUT2D eigenvalue weighted by atomic mass is 9.92. The lowest BCUT2D eigenvalue weighted by Gasteiger charge is -2.35. The smallest absolute Gasteiger partial charge is 0.135 e. The summed E-state index contributed by atoms with van der Waals surface area (Å²) in [5, 5.41) is 10.3. The molecule has 0 aromatic rings. The van der Waals surface area contributed by atoms with Crippen LogP contribution >= 0.6 is 0 Å². The highest BCUT2D eigenvalue weighted by Gasteiger charge is 2.29. The SMILES string of the molecule is CCN=C(N(C)C1=C(C)C=CCC1C)C(C)(C)O. The van der Waals surface area contributed by atoms with Crippen molar-refractivity contribution >= 4 is 5.84 Å². The van der Waals surface area contributed by atoms with E-state index in [2.05, 4.69) is 35.9 Å². The number of aliphatic imine (C=N–C) groups is 1. The molecule has 0 spiro atoms. The summed E-state index contributed by atoms with van der Waals surface area (Å²) in [7, 11) is 2.00. The van der Waals surface area contributed by atoms with Crippen molar-refractivity contribution in [3.63, 3.8) is 0 Å². The molecule has 1 unspecified atom stereocenters. The van der Waals surface area contributed by atoms with Crippen LogP contribution in [0.2, 0.25) is 0 Å². The van der Waals surface area contributed by atoms with Crippen LogP contribution in [0.15, 0.2) is 28.4 Å². The first-order valence-electron chi connectivity index (χ1n) is 6.67. The molecule has 0 saturated heterocycles. The third-order valence-corrected chi connectivity index (χ3v) is 3.26. The van der Waals surface area contributed by atoms with Gasteiger partial charge in [0.15, 0.2) is 0 Å². The summed E-state index contributed by atoms with van der Waals surface area (Å²) < 4.78 is 0. The van der Waals surface area contributed by atoms with Crippen LogP contribution in [0.4, 0.5) is 0 Å². The van der Waals surface area contributed by atoms with Crippen molar-refractivity contribution in [1.82, 2.24) is 4.90 Å². The zero-order valence-corrected chi connectivity index (χ0v) is 12.5. The first-order chi connectivity index (χ1) is 8.29. The molecule has 102 valence electrons. The van der Waals surface area contributed by atoms with Gasteiger partial charge in [0.05, 0.1) is 0 Å². The molecular weight excluding hydrogens is 224 g/mol. The molecule has 0 radical (unpaired) electrons. The van der Waals surface area contributed by atoms with Crippen LogP contribution in [-0.4, -0.2) is 35.0 Å². The number of hydrogen-bond donors (Lipinski definition) is 1. The highest BCUT2D eigenvalue weighted by Crippen LogP contribution is 2.28. The van der Waals surface area contributed by atoms with Crippen molar-refractivity contribution in [2.75, 3.05) is 13.6 Å². The second-order valence-electron chi connectivity index (χ2n) is 5.52. The highest BCUT2D eigenvalue weighted by atomic mass is 16.3. The molecule has 0 aliphatic heterocycles. The fourth-order valence-corrected chi connectivity index (χ4v) is 2.60. The first kappa shape index (κ1) is 15.0. The monoisotopic (exact) mass is 250 g/mol. The van der Waals surface area contributed by atoms with Crippen molar-refractivity contribution in [3.05, 3.63) is 23.4 Å². The van der Waals surface area contributed by atoms with E-state index in [0.29, 0.717) is 12.5 Å². The molecule has 1 N–H and O–H groups in total. The Bertz CT molecular complexity index is 386. The zero-order chi connectivity index (χ0) is 13.9. The Balaban J connectivity index is 3.15. The molecule has 0 aromatic heterocycles. The van der Waals surface area contributed by atoms with Crippen LogP contribution in [0, 0.1) is 5.92 Å². The van der Waals surface area contributed by atoms with E-state index < -0.39 is 5.60 Å². The molecule has 0 fully saturated rings. The molecule has 0 saturated carbocycles. The minimum absolute atomic E-state index is 0.462. The maximum atomic E-state index is 10.3. The van der Waals surface area contributed by atoms with Gasteiger partial charge in [-0.1, -0.05) is 19.1 Å². The van der Waals surface area contributed by atoms with Gasteiger partial charge < -0.3 is 10.0 Å². The predicted octanol–water partition coefficient (Wildman–Crippen LogP) is 2.98. The van der Waals surface area contributed by atoms with Gasteiger partial charge in [0.25, 0.3) is 0 Å². The number of nitrogens with zero attached hydrogens (tertiary/aromatic N) is 2. The normalized spacial score (nSPS) is 21.5. The summed E-state index contributed by atoms with van der Waals surface area (Å²) in [5.74, 6) is 1.20. The Morgan fingerprint density at radius 3 is 2.61 bits per heavy atom. The van der Waals surface area contributed by atoms with Gasteiger partial charge in [-0.25, -0.2) is 0 Å². The van der Waals surface area contributed by atoms with Gasteiger partial charge in [0, 0.05) is 25.2 Å². The molecule has 1 aliphatic rings. The van der Waals surface area contributed by atoms with Gasteiger partial charge in [-0.05, 0) is 39.7 Å². The second kappa shape index (κ2) is 5.70. The molecule has 1 atom stereocenters. The standard InChI is InChI=1S/C15H26N2O/c1-7-16-14(15(4,5)18)17(6)13-11(2)9-8-10-12(13)3/h8-9,12,18H,7,10H2,1-6H3. The molecule has 1 aliphatic carbocycles. The third kappa shape index (κ3) is 3.22. The van der Waals surface area contributed by atoms with Crippen LogP contribution in [-0.2, 0) is 0 Å². The zero-order valence-electron chi connectivity index (χ0n) is 12.5. The summed E-state index contributed by atoms with van der Waals surface area (Å²) >= 11 is 0. The highest BCUT2D eigenvalue weighted by molar-refractivity contribution is 5.91. The largest absolute Gasteiger partial charge is 0.383 e. The van der Waals surface area contributed by atoms with Gasteiger partial charge in [-0.2, -0.15) is 0 Å².